The molecule has 22 heavy (non-hydrogen) atoms. The number of halogens is 1. The minimum atomic E-state index is -0.308. The molecule has 1 aliphatic carbocycles. The summed E-state index contributed by atoms with van der Waals surface area (Å²) in [5.74, 6) is 0.774. The third kappa shape index (κ3) is 3.68. The minimum Gasteiger partial charge on any atom is -0.467 e. The molecule has 0 radical (unpaired) electrons. The van der Waals surface area contributed by atoms with Crippen molar-refractivity contribution in [3.8, 4) is 5.75 Å². The van der Waals surface area contributed by atoms with Gasteiger partial charge in [0.25, 0.3) is 0 Å². The highest BCUT2D eigenvalue weighted by atomic mass is 19.1. The van der Waals surface area contributed by atoms with E-state index < -0.39 is 0 Å². The number of aliphatic imine (C=N–C) groups is 1. The number of nitrogens with two attached hydrogens (primary N) is 1. The molecule has 0 bridgehead atoms. The number of rotatable bonds is 3. The third-order valence-corrected chi connectivity index (χ3v) is 4.13. The zero-order valence-electron chi connectivity index (χ0n) is 12.6. The molecule has 0 amide bonds. The first-order valence-electron chi connectivity index (χ1n) is 7.80. The average Bonchev–Trinajstić information content (AvgIpc) is 2.53. The van der Waals surface area contributed by atoms with Crippen LogP contribution >= 0.6 is 0 Å². The minimum absolute atomic E-state index is 0.186. The monoisotopic (exact) mass is 307 g/mol. The van der Waals surface area contributed by atoms with Gasteiger partial charge in [-0.1, -0.05) is 19.3 Å². The Bertz CT molecular complexity index is 557. The van der Waals surface area contributed by atoms with Gasteiger partial charge in [0.1, 0.15) is 11.6 Å². The summed E-state index contributed by atoms with van der Waals surface area (Å²) in [6.07, 6.45) is 6.02. The number of fused-ring (bicyclic) bond motifs is 1. The fraction of sp³-hybridized carbons (Fsp3) is 0.562. The number of hydrogen-bond donors (Lipinski definition) is 2. The van der Waals surface area contributed by atoms with Crippen molar-refractivity contribution in [2.45, 2.75) is 51.3 Å². The van der Waals surface area contributed by atoms with E-state index in [0.29, 0.717) is 36.5 Å². The number of nitrogens with one attached hydrogen (secondary N) is 1. The number of ether oxygens (including phenoxy) is 2. The van der Waals surface area contributed by atoms with Crippen LogP contribution < -0.4 is 15.8 Å². The molecule has 0 atom stereocenters. The lowest BCUT2D eigenvalue weighted by molar-refractivity contribution is -0.0172. The molecule has 1 heterocycles. The highest BCUT2D eigenvalue weighted by molar-refractivity contribution is 5.78. The Morgan fingerprint density at radius 3 is 2.95 bits per heavy atom. The van der Waals surface area contributed by atoms with Crippen LogP contribution in [0.3, 0.4) is 0 Å². The summed E-state index contributed by atoms with van der Waals surface area (Å²) in [7, 11) is 0. The Morgan fingerprint density at radius 2 is 2.14 bits per heavy atom. The Morgan fingerprint density at radius 1 is 1.32 bits per heavy atom. The van der Waals surface area contributed by atoms with Crippen molar-refractivity contribution in [1.29, 1.82) is 0 Å². The van der Waals surface area contributed by atoms with E-state index in [4.69, 9.17) is 15.2 Å². The quantitative estimate of drug-likeness (QED) is 0.665. The van der Waals surface area contributed by atoms with E-state index >= 15 is 0 Å². The Hall–Kier alpha value is -1.82. The van der Waals surface area contributed by atoms with Crippen LogP contribution in [0.4, 0.5) is 4.39 Å². The molecule has 5 nitrogen and oxygen atoms in total. The molecule has 1 saturated carbocycles. The van der Waals surface area contributed by atoms with Crippen LogP contribution in [-0.2, 0) is 17.9 Å². The number of benzene rings is 1. The first-order chi connectivity index (χ1) is 10.7. The van der Waals surface area contributed by atoms with Crippen molar-refractivity contribution in [3.63, 3.8) is 0 Å². The second-order valence-corrected chi connectivity index (χ2v) is 5.84. The second-order valence-electron chi connectivity index (χ2n) is 5.84. The second kappa shape index (κ2) is 6.96. The Balaban J connectivity index is 1.67. The molecule has 0 saturated heterocycles. The molecule has 0 aromatic heterocycles. The van der Waals surface area contributed by atoms with Crippen molar-refractivity contribution in [2.75, 3.05) is 6.79 Å². The van der Waals surface area contributed by atoms with Crippen LogP contribution in [0.2, 0.25) is 0 Å². The molecule has 1 fully saturated rings. The van der Waals surface area contributed by atoms with Crippen LogP contribution in [0.15, 0.2) is 17.1 Å². The van der Waals surface area contributed by atoms with Gasteiger partial charge in [-0.15, -0.1) is 0 Å². The summed E-state index contributed by atoms with van der Waals surface area (Å²) < 4.78 is 24.3. The molecular weight excluding hydrogens is 285 g/mol. The van der Waals surface area contributed by atoms with Crippen LogP contribution in [-0.4, -0.2) is 18.8 Å². The van der Waals surface area contributed by atoms with E-state index in [-0.39, 0.29) is 12.6 Å². The molecule has 0 spiro atoms. The lowest BCUT2D eigenvalue weighted by Crippen LogP contribution is -2.41. The average molecular weight is 307 g/mol. The van der Waals surface area contributed by atoms with Crippen LogP contribution in [0, 0.1) is 5.82 Å². The largest absolute Gasteiger partial charge is 0.467 e. The highest BCUT2D eigenvalue weighted by Crippen LogP contribution is 2.29. The van der Waals surface area contributed by atoms with E-state index in [1.54, 1.807) is 0 Å². The van der Waals surface area contributed by atoms with Gasteiger partial charge < -0.3 is 20.5 Å². The van der Waals surface area contributed by atoms with Gasteiger partial charge in [-0.25, -0.2) is 9.38 Å². The predicted molar refractivity (Wildman–Crippen MR) is 82.0 cm³/mol. The highest BCUT2D eigenvalue weighted by Gasteiger charge is 2.17. The van der Waals surface area contributed by atoms with Gasteiger partial charge in [0.05, 0.1) is 13.2 Å². The normalized spacial score (nSPS) is 19.4. The SMILES string of the molecule is NC(=NCc1cc(F)cc2c1OCOC2)NC1CCCCC1. The topological polar surface area (TPSA) is 68.9 Å². The van der Waals surface area contributed by atoms with Gasteiger partial charge in [-0.2, -0.15) is 0 Å². The van der Waals surface area contributed by atoms with Crippen LogP contribution in [0.1, 0.15) is 43.2 Å². The van der Waals surface area contributed by atoms with Gasteiger partial charge >= 0.3 is 0 Å². The fourth-order valence-electron chi connectivity index (χ4n) is 3.05. The molecule has 1 aromatic rings. The van der Waals surface area contributed by atoms with Crippen LogP contribution in [0.5, 0.6) is 5.75 Å². The molecule has 2 aliphatic rings. The van der Waals surface area contributed by atoms with E-state index in [9.17, 15) is 4.39 Å². The first kappa shape index (κ1) is 15.1. The third-order valence-electron chi connectivity index (χ3n) is 4.13. The molecular formula is C16H22FN3O2. The standard InChI is InChI=1S/C16H22FN3O2/c17-13-6-11(15-12(7-13)9-21-10-22-15)8-19-16(18)20-14-4-2-1-3-5-14/h6-7,14H,1-5,8-10H2,(H3,18,19,20). The Kier molecular flexibility index (Phi) is 4.77. The summed E-state index contributed by atoms with van der Waals surface area (Å²) in [4.78, 5) is 4.33. The summed E-state index contributed by atoms with van der Waals surface area (Å²) >= 11 is 0. The maximum Gasteiger partial charge on any atom is 0.189 e. The zero-order chi connectivity index (χ0) is 15.4. The first-order valence-corrected chi connectivity index (χ1v) is 7.80. The lowest BCUT2D eigenvalue weighted by atomic mass is 9.96. The van der Waals surface area contributed by atoms with Gasteiger partial charge in [0.15, 0.2) is 12.8 Å². The number of guanidine groups is 1. The van der Waals surface area contributed by atoms with Gasteiger partial charge in [0, 0.05) is 17.2 Å². The van der Waals surface area contributed by atoms with E-state index in [1.807, 2.05) is 0 Å². The van der Waals surface area contributed by atoms with Crippen molar-refractivity contribution < 1.29 is 13.9 Å². The molecule has 1 aliphatic heterocycles. The Labute approximate surface area is 129 Å². The smallest absolute Gasteiger partial charge is 0.189 e. The van der Waals surface area contributed by atoms with Crippen molar-refractivity contribution in [3.05, 3.63) is 29.1 Å². The molecule has 1 aromatic carbocycles. The fourth-order valence-corrected chi connectivity index (χ4v) is 3.05. The summed E-state index contributed by atoms with van der Waals surface area (Å²) in [5, 5.41) is 3.25. The summed E-state index contributed by atoms with van der Waals surface area (Å²) in [5.41, 5.74) is 7.36. The van der Waals surface area contributed by atoms with Crippen molar-refractivity contribution >= 4 is 5.96 Å². The maximum absolute atomic E-state index is 13.6. The van der Waals surface area contributed by atoms with E-state index in [0.717, 1.165) is 18.4 Å². The molecule has 120 valence electrons. The predicted octanol–water partition coefficient (Wildman–Crippen LogP) is 2.43. The molecule has 6 heteroatoms. The lowest BCUT2D eigenvalue weighted by Gasteiger charge is -2.23. The van der Waals surface area contributed by atoms with Gasteiger partial charge in [-0.3, -0.25) is 0 Å². The number of hydrogen-bond acceptors (Lipinski definition) is 3. The van der Waals surface area contributed by atoms with Crippen LogP contribution in [0.25, 0.3) is 0 Å². The molecule has 0 unspecified atom stereocenters. The molecule has 3 N–H and O–H groups in total. The summed E-state index contributed by atoms with van der Waals surface area (Å²) in [6.45, 7) is 0.844. The van der Waals surface area contributed by atoms with Gasteiger partial charge in [-0.05, 0) is 25.0 Å². The van der Waals surface area contributed by atoms with E-state index in [2.05, 4.69) is 10.3 Å². The number of nitrogens with zero attached hydrogens (tertiary/aromatic N) is 1. The zero-order valence-corrected chi connectivity index (χ0v) is 12.6. The van der Waals surface area contributed by atoms with Crippen molar-refractivity contribution in [2.24, 2.45) is 10.7 Å². The van der Waals surface area contributed by atoms with Gasteiger partial charge in [0.2, 0.25) is 0 Å². The van der Waals surface area contributed by atoms with Crippen molar-refractivity contribution in [1.82, 2.24) is 5.32 Å². The molecule has 3 rings (SSSR count). The van der Waals surface area contributed by atoms with E-state index in [1.165, 1.54) is 31.4 Å². The maximum atomic E-state index is 13.6. The summed E-state index contributed by atoms with van der Waals surface area (Å²) in [6, 6.07) is 3.29.